The first-order valence-corrected chi connectivity index (χ1v) is 8.09. The second-order valence-electron chi connectivity index (χ2n) is 5.43. The molecule has 0 spiro atoms. The van der Waals surface area contributed by atoms with Gasteiger partial charge in [0.05, 0.1) is 0 Å². The fourth-order valence-corrected chi connectivity index (χ4v) is 2.78. The van der Waals surface area contributed by atoms with Crippen LogP contribution in [0.2, 0.25) is 0 Å². The number of nitrogens with one attached hydrogen (secondary N) is 1. The van der Waals surface area contributed by atoms with Crippen molar-refractivity contribution in [2.75, 3.05) is 46.4 Å². The van der Waals surface area contributed by atoms with Crippen LogP contribution in [0.5, 0.6) is 0 Å². The van der Waals surface area contributed by atoms with Gasteiger partial charge in [-0.3, -0.25) is 4.90 Å². The predicted molar refractivity (Wildman–Crippen MR) is 90.3 cm³/mol. The van der Waals surface area contributed by atoms with E-state index in [0.717, 1.165) is 56.4 Å². The SMILES string of the molecule is COCCCNC(=S)N1CCN(Cc2ccccc2F)CC1. The lowest BCUT2D eigenvalue weighted by atomic mass is 10.2. The van der Waals surface area contributed by atoms with E-state index in [1.807, 2.05) is 12.1 Å². The van der Waals surface area contributed by atoms with Crippen molar-refractivity contribution >= 4 is 17.3 Å². The largest absolute Gasteiger partial charge is 0.385 e. The molecular weight excluding hydrogens is 301 g/mol. The highest BCUT2D eigenvalue weighted by Gasteiger charge is 2.19. The fourth-order valence-electron chi connectivity index (χ4n) is 2.50. The molecule has 1 aromatic rings. The Morgan fingerprint density at radius 1 is 1.27 bits per heavy atom. The minimum absolute atomic E-state index is 0.125. The van der Waals surface area contributed by atoms with Gasteiger partial charge in [-0.05, 0) is 24.7 Å². The minimum atomic E-state index is -0.125. The van der Waals surface area contributed by atoms with E-state index in [4.69, 9.17) is 17.0 Å². The summed E-state index contributed by atoms with van der Waals surface area (Å²) in [4.78, 5) is 4.45. The number of rotatable bonds is 6. The molecule has 1 heterocycles. The molecule has 0 atom stereocenters. The first-order chi connectivity index (χ1) is 10.7. The van der Waals surface area contributed by atoms with E-state index >= 15 is 0 Å². The molecule has 0 unspecified atom stereocenters. The van der Waals surface area contributed by atoms with Crippen molar-refractivity contribution in [3.8, 4) is 0 Å². The molecule has 22 heavy (non-hydrogen) atoms. The van der Waals surface area contributed by atoms with E-state index in [1.165, 1.54) is 6.07 Å². The molecule has 0 radical (unpaired) electrons. The van der Waals surface area contributed by atoms with Gasteiger partial charge in [-0.15, -0.1) is 0 Å². The number of hydrogen-bond acceptors (Lipinski definition) is 3. The number of nitrogens with zero attached hydrogens (tertiary/aromatic N) is 2. The lowest BCUT2D eigenvalue weighted by molar-refractivity contribution is 0.172. The highest BCUT2D eigenvalue weighted by atomic mass is 32.1. The standard InChI is InChI=1S/C16H24FN3OS/c1-21-12-4-7-18-16(22)20-10-8-19(9-11-20)13-14-5-2-3-6-15(14)17/h2-3,5-6H,4,7-13H2,1H3,(H,18,22). The van der Waals surface area contributed by atoms with E-state index in [1.54, 1.807) is 13.2 Å². The summed E-state index contributed by atoms with van der Waals surface area (Å²) >= 11 is 5.41. The number of hydrogen-bond donors (Lipinski definition) is 1. The molecule has 122 valence electrons. The van der Waals surface area contributed by atoms with Crippen LogP contribution in [0.3, 0.4) is 0 Å². The maximum atomic E-state index is 13.7. The summed E-state index contributed by atoms with van der Waals surface area (Å²) in [6, 6.07) is 6.98. The number of ether oxygens (including phenoxy) is 1. The summed E-state index contributed by atoms with van der Waals surface area (Å²) in [5.41, 5.74) is 0.760. The van der Waals surface area contributed by atoms with Crippen LogP contribution >= 0.6 is 12.2 Å². The van der Waals surface area contributed by atoms with E-state index < -0.39 is 0 Å². The quantitative estimate of drug-likeness (QED) is 0.637. The number of halogens is 1. The summed E-state index contributed by atoms with van der Waals surface area (Å²) in [5.74, 6) is -0.125. The van der Waals surface area contributed by atoms with Gasteiger partial charge < -0.3 is 15.0 Å². The van der Waals surface area contributed by atoms with Gasteiger partial charge in [0.15, 0.2) is 5.11 Å². The molecule has 1 aromatic carbocycles. The zero-order valence-corrected chi connectivity index (χ0v) is 13.9. The second kappa shape index (κ2) is 9.02. The van der Waals surface area contributed by atoms with Crippen LogP contribution in [-0.2, 0) is 11.3 Å². The molecule has 1 saturated heterocycles. The van der Waals surface area contributed by atoms with Crippen molar-refractivity contribution in [1.82, 2.24) is 15.1 Å². The average Bonchev–Trinajstić information content (AvgIpc) is 2.54. The number of benzene rings is 1. The highest BCUT2D eigenvalue weighted by Crippen LogP contribution is 2.12. The van der Waals surface area contributed by atoms with Gasteiger partial charge in [-0.1, -0.05) is 18.2 Å². The topological polar surface area (TPSA) is 27.7 Å². The Kier molecular flexibility index (Phi) is 7.02. The lowest BCUT2D eigenvalue weighted by Gasteiger charge is -2.36. The summed E-state index contributed by atoms with van der Waals surface area (Å²) in [5, 5.41) is 4.07. The highest BCUT2D eigenvalue weighted by molar-refractivity contribution is 7.80. The zero-order valence-electron chi connectivity index (χ0n) is 13.1. The van der Waals surface area contributed by atoms with Crippen molar-refractivity contribution in [3.05, 3.63) is 35.6 Å². The monoisotopic (exact) mass is 325 g/mol. The molecule has 4 nitrogen and oxygen atoms in total. The molecule has 1 N–H and O–H groups in total. The molecule has 1 aliphatic rings. The maximum absolute atomic E-state index is 13.7. The van der Waals surface area contributed by atoms with Gasteiger partial charge in [0.1, 0.15) is 5.82 Å². The Hall–Kier alpha value is -1.24. The molecule has 2 rings (SSSR count). The predicted octanol–water partition coefficient (Wildman–Crippen LogP) is 1.85. The summed E-state index contributed by atoms with van der Waals surface area (Å²) in [6.07, 6.45) is 0.948. The molecule has 1 aliphatic heterocycles. The third-order valence-electron chi connectivity index (χ3n) is 3.81. The van der Waals surface area contributed by atoms with Gasteiger partial charge in [-0.25, -0.2) is 4.39 Å². The molecular formula is C16H24FN3OS. The van der Waals surface area contributed by atoms with Crippen molar-refractivity contribution in [3.63, 3.8) is 0 Å². The Labute approximate surface area is 137 Å². The van der Waals surface area contributed by atoms with Gasteiger partial charge in [0, 0.05) is 58.5 Å². The van der Waals surface area contributed by atoms with Gasteiger partial charge >= 0.3 is 0 Å². The Balaban J connectivity index is 1.71. The molecule has 0 aliphatic carbocycles. The molecule has 1 fully saturated rings. The average molecular weight is 325 g/mol. The van der Waals surface area contributed by atoms with E-state index in [9.17, 15) is 4.39 Å². The van der Waals surface area contributed by atoms with E-state index in [2.05, 4.69) is 15.1 Å². The van der Waals surface area contributed by atoms with Crippen LogP contribution in [0.25, 0.3) is 0 Å². The lowest BCUT2D eigenvalue weighted by Crippen LogP contribution is -2.51. The Morgan fingerprint density at radius 3 is 2.68 bits per heavy atom. The molecule has 0 aromatic heterocycles. The molecule has 6 heteroatoms. The Bertz CT molecular complexity index is 478. The van der Waals surface area contributed by atoms with Crippen LogP contribution in [0.1, 0.15) is 12.0 Å². The van der Waals surface area contributed by atoms with Crippen LogP contribution < -0.4 is 5.32 Å². The first-order valence-electron chi connectivity index (χ1n) is 7.68. The fraction of sp³-hybridized carbons (Fsp3) is 0.562. The molecule has 0 saturated carbocycles. The summed E-state index contributed by atoms with van der Waals surface area (Å²) in [6.45, 7) is 5.79. The van der Waals surface area contributed by atoms with Gasteiger partial charge in [0.25, 0.3) is 0 Å². The third-order valence-corrected chi connectivity index (χ3v) is 4.22. The van der Waals surface area contributed by atoms with Gasteiger partial charge in [-0.2, -0.15) is 0 Å². The normalized spacial score (nSPS) is 15.8. The van der Waals surface area contributed by atoms with Gasteiger partial charge in [0.2, 0.25) is 0 Å². The third kappa shape index (κ3) is 5.19. The van der Waals surface area contributed by atoms with Crippen LogP contribution in [0.15, 0.2) is 24.3 Å². The van der Waals surface area contributed by atoms with Crippen molar-refractivity contribution in [2.24, 2.45) is 0 Å². The molecule has 0 bridgehead atoms. The summed E-state index contributed by atoms with van der Waals surface area (Å²) < 4.78 is 18.7. The summed E-state index contributed by atoms with van der Waals surface area (Å²) in [7, 11) is 1.70. The second-order valence-corrected chi connectivity index (χ2v) is 5.82. The minimum Gasteiger partial charge on any atom is -0.385 e. The van der Waals surface area contributed by atoms with Crippen molar-refractivity contribution < 1.29 is 9.13 Å². The molecule has 0 amide bonds. The van der Waals surface area contributed by atoms with Crippen molar-refractivity contribution in [1.29, 1.82) is 0 Å². The Morgan fingerprint density at radius 2 is 2.00 bits per heavy atom. The van der Waals surface area contributed by atoms with Crippen molar-refractivity contribution in [2.45, 2.75) is 13.0 Å². The van der Waals surface area contributed by atoms with E-state index in [0.29, 0.717) is 6.54 Å². The number of methoxy groups -OCH3 is 1. The van der Waals surface area contributed by atoms with Crippen LogP contribution in [0.4, 0.5) is 4.39 Å². The van der Waals surface area contributed by atoms with Crippen LogP contribution in [-0.4, -0.2) is 61.4 Å². The zero-order chi connectivity index (χ0) is 15.8. The van der Waals surface area contributed by atoms with Crippen LogP contribution in [0, 0.1) is 5.82 Å². The maximum Gasteiger partial charge on any atom is 0.169 e. The first kappa shape index (κ1) is 17.1. The number of thiocarbonyl (C=S) groups is 1. The van der Waals surface area contributed by atoms with E-state index in [-0.39, 0.29) is 5.82 Å². The number of piperazine rings is 1. The smallest absolute Gasteiger partial charge is 0.169 e.